The fourth-order valence-electron chi connectivity index (χ4n) is 6.99. The van der Waals surface area contributed by atoms with Crippen molar-refractivity contribution in [3.05, 3.63) is 24.3 Å². The van der Waals surface area contributed by atoms with Crippen molar-refractivity contribution >= 4 is 5.91 Å². The number of nitrogens with one attached hydrogen (secondary N) is 1. The summed E-state index contributed by atoms with van der Waals surface area (Å²) < 4.78 is 22.2. The Morgan fingerprint density at radius 3 is 1.67 bits per heavy atom. The van der Waals surface area contributed by atoms with Crippen molar-refractivity contribution in [3.63, 3.8) is 0 Å². The van der Waals surface area contributed by atoms with Crippen molar-refractivity contribution in [2.75, 3.05) is 19.8 Å². The van der Waals surface area contributed by atoms with Gasteiger partial charge in [0.15, 0.2) is 12.6 Å². The largest absolute Gasteiger partial charge is 0.394 e. The van der Waals surface area contributed by atoms with Crippen LogP contribution in [0, 0.1) is 0 Å². The van der Waals surface area contributed by atoms with Gasteiger partial charge in [-0.1, -0.05) is 128 Å². The molecule has 0 saturated carbocycles. The van der Waals surface area contributed by atoms with Crippen LogP contribution in [0.5, 0.6) is 0 Å². The van der Waals surface area contributed by atoms with Gasteiger partial charge in [0.05, 0.1) is 32.0 Å². The van der Waals surface area contributed by atoms with Crippen LogP contribution in [-0.2, 0) is 23.7 Å². The van der Waals surface area contributed by atoms with Crippen molar-refractivity contribution in [2.45, 2.75) is 209 Å². The Hall–Kier alpha value is -1.53. The number of carbonyl (C=O) groups is 1. The second kappa shape index (κ2) is 29.6. The topological polar surface area (TPSA) is 228 Å². The molecule has 2 heterocycles. The molecule has 1 amide bonds. The summed E-state index contributed by atoms with van der Waals surface area (Å²) in [6, 6.07) is -0.928. The van der Waals surface area contributed by atoms with Crippen molar-refractivity contribution < 1.29 is 64.6 Å². The minimum atomic E-state index is -1.78. The lowest BCUT2D eigenvalue weighted by atomic mass is 9.97. The van der Waals surface area contributed by atoms with Gasteiger partial charge in [-0.25, -0.2) is 0 Å². The molecule has 9 N–H and O–H groups in total. The van der Waals surface area contributed by atoms with Gasteiger partial charge in [0.1, 0.15) is 48.8 Å². The van der Waals surface area contributed by atoms with Crippen LogP contribution in [0.15, 0.2) is 24.3 Å². The maximum Gasteiger partial charge on any atom is 0.217 e. The van der Waals surface area contributed by atoms with E-state index in [1.165, 1.54) is 110 Å². The summed E-state index contributed by atoms with van der Waals surface area (Å²) in [5.41, 5.74) is 0. The highest BCUT2D eigenvalue weighted by Crippen LogP contribution is 2.29. The first-order valence-electron chi connectivity index (χ1n) is 21.0. The Labute approximate surface area is 328 Å². The lowest BCUT2D eigenvalue weighted by Crippen LogP contribution is -2.65. The lowest BCUT2D eigenvalue weighted by molar-refractivity contribution is -0.359. The van der Waals surface area contributed by atoms with Gasteiger partial charge < -0.3 is 65.1 Å². The zero-order chi connectivity index (χ0) is 40.4. The van der Waals surface area contributed by atoms with Crippen molar-refractivity contribution in [1.82, 2.24) is 5.32 Å². The number of carbonyl (C=O) groups excluding carboxylic acids is 1. The molecule has 0 aliphatic carbocycles. The van der Waals surface area contributed by atoms with Crippen LogP contribution >= 0.6 is 0 Å². The predicted octanol–water partition coefficient (Wildman–Crippen LogP) is 3.04. The molecule has 0 spiro atoms. The summed E-state index contributed by atoms with van der Waals surface area (Å²) in [5, 5.41) is 84.8. The maximum atomic E-state index is 11.9. The highest BCUT2D eigenvalue weighted by molar-refractivity contribution is 5.73. The van der Waals surface area contributed by atoms with Crippen LogP contribution in [-0.4, -0.2) is 140 Å². The van der Waals surface area contributed by atoms with Gasteiger partial charge in [0, 0.05) is 6.92 Å². The molecule has 12 unspecified atom stereocenters. The monoisotopic (exact) mass is 790 g/mol. The molecule has 0 aromatic rings. The molecule has 14 heteroatoms. The molecule has 322 valence electrons. The van der Waals surface area contributed by atoms with Gasteiger partial charge in [-0.2, -0.15) is 0 Å². The first-order valence-corrected chi connectivity index (χ1v) is 21.0. The normalized spacial score (nSPS) is 29.9. The Morgan fingerprint density at radius 1 is 0.636 bits per heavy atom. The number of allylic oxidation sites excluding steroid dienone is 3. The average Bonchev–Trinajstić information content (AvgIpc) is 3.17. The number of amides is 1. The molecule has 0 radical (unpaired) electrons. The number of aliphatic hydroxyl groups is 8. The first kappa shape index (κ1) is 49.6. The number of rotatable bonds is 30. The maximum absolute atomic E-state index is 11.9. The van der Waals surface area contributed by atoms with Crippen LogP contribution in [0.4, 0.5) is 0 Å². The molecule has 0 aromatic heterocycles. The zero-order valence-electron chi connectivity index (χ0n) is 33.4. The van der Waals surface area contributed by atoms with E-state index < -0.39 is 92.7 Å². The summed E-state index contributed by atoms with van der Waals surface area (Å²) in [6.45, 7) is 1.80. The summed E-state index contributed by atoms with van der Waals surface area (Å²) in [6.07, 6.45) is 14.9. The van der Waals surface area contributed by atoms with Gasteiger partial charge in [-0.05, 0) is 25.7 Å². The van der Waals surface area contributed by atoms with E-state index >= 15 is 0 Å². The SMILES string of the molecule is CCCCCCCCCCCCCCCCCC/C=C/CC/C=C/C(O)C(COC1OC(CO)C(OC2OC(CO)C(O)C(O)C2O)C(O)C1O)NC(C)=O. The van der Waals surface area contributed by atoms with E-state index in [4.69, 9.17) is 18.9 Å². The second-order valence-electron chi connectivity index (χ2n) is 15.2. The quantitative estimate of drug-likeness (QED) is 0.0377. The minimum absolute atomic E-state index is 0.324. The molecule has 0 bridgehead atoms. The zero-order valence-corrected chi connectivity index (χ0v) is 33.4. The molecule has 2 aliphatic rings. The molecule has 55 heavy (non-hydrogen) atoms. The van der Waals surface area contributed by atoms with Crippen LogP contribution in [0.1, 0.15) is 136 Å². The molecule has 14 nitrogen and oxygen atoms in total. The third kappa shape index (κ3) is 19.2. The molecule has 0 aromatic carbocycles. The van der Waals surface area contributed by atoms with Crippen LogP contribution in [0.2, 0.25) is 0 Å². The molecule has 2 rings (SSSR count). The third-order valence-electron chi connectivity index (χ3n) is 10.4. The lowest BCUT2D eigenvalue weighted by Gasteiger charge is -2.46. The molecular formula is C41H75NO13. The van der Waals surface area contributed by atoms with Crippen molar-refractivity contribution in [3.8, 4) is 0 Å². The fourth-order valence-corrected chi connectivity index (χ4v) is 6.99. The van der Waals surface area contributed by atoms with Gasteiger partial charge in [0.2, 0.25) is 5.91 Å². The Morgan fingerprint density at radius 2 is 1.13 bits per heavy atom. The van der Waals surface area contributed by atoms with Crippen LogP contribution in [0.3, 0.4) is 0 Å². The molecule has 2 saturated heterocycles. The first-order chi connectivity index (χ1) is 26.5. The van der Waals surface area contributed by atoms with Gasteiger partial charge >= 0.3 is 0 Å². The van der Waals surface area contributed by atoms with E-state index in [0.29, 0.717) is 6.42 Å². The summed E-state index contributed by atoms with van der Waals surface area (Å²) in [4.78, 5) is 11.9. The number of unbranched alkanes of at least 4 members (excludes halogenated alkanes) is 17. The summed E-state index contributed by atoms with van der Waals surface area (Å²) in [7, 11) is 0. The number of ether oxygens (including phenoxy) is 4. The number of hydrogen-bond donors (Lipinski definition) is 9. The van der Waals surface area contributed by atoms with E-state index in [1.54, 1.807) is 6.08 Å². The molecule has 2 fully saturated rings. The Balaban J connectivity index is 1.64. The summed E-state index contributed by atoms with van der Waals surface area (Å²) in [5.74, 6) is -0.426. The molecule has 12 atom stereocenters. The van der Waals surface area contributed by atoms with E-state index in [0.717, 1.165) is 12.8 Å². The predicted molar refractivity (Wildman–Crippen MR) is 208 cm³/mol. The van der Waals surface area contributed by atoms with E-state index in [1.807, 2.05) is 6.08 Å². The van der Waals surface area contributed by atoms with Crippen LogP contribution in [0.25, 0.3) is 0 Å². The third-order valence-corrected chi connectivity index (χ3v) is 10.4. The van der Waals surface area contributed by atoms with Gasteiger partial charge in [0.25, 0.3) is 0 Å². The summed E-state index contributed by atoms with van der Waals surface area (Å²) >= 11 is 0. The standard InChI is InChI=1S/C41H75NO13/c1-3-4-5-6-7-8-9-10-11-12-13-14-15-16-17-18-19-20-21-22-23-24-25-31(46)30(42-29(2)45)28-52-40-38(51)36(49)39(33(27-44)54-40)55-41-37(50)35(48)34(47)32(26-43)53-41/h20-21,24-25,30-41,43-44,46-51H,3-19,22-23,26-28H2,1-2H3,(H,42,45)/b21-20+,25-24+. The van der Waals surface area contributed by atoms with Gasteiger partial charge in [-0.15, -0.1) is 0 Å². The number of hydrogen-bond acceptors (Lipinski definition) is 13. The van der Waals surface area contributed by atoms with E-state index in [-0.39, 0.29) is 6.61 Å². The second-order valence-corrected chi connectivity index (χ2v) is 15.2. The molecule has 2 aliphatic heterocycles. The van der Waals surface area contributed by atoms with Gasteiger partial charge in [-0.3, -0.25) is 4.79 Å². The fraction of sp³-hybridized carbons (Fsp3) is 0.878. The van der Waals surface area contributed by atoms with Crippen LogP contribution < -0.4 is 5.32 Å². The highest BCUT2D eigenvalue weighted by atomic mass is 16.7. The smallest absolute Gasteiger partial charge is 0.217 e. The molecular weight excluding hydrogens is 714 g/mol. The highest BCUT2D eigenvalue weighted by Gasteiger charge is 2.50. The van der Waals surface area contributed by atoms with E-state index in [2.05, 4.69) is 24.4 Å². The number of aliphatic hydroxyl groups excluding tert-OH is 8. The average molecular weight is 790 g/mol. The van der Waals surface area contributed by atoms with Crippen molar-refractivity contribution in [1.29, 1.82) is 0 Å². The Bertz CT molecular complexity index is 1030. The Kier molecular flexibility index (Phi) is 26.7. The van der Waals surface area contributed by atoms with Crippen molar-refractivity contribution in [2.24, 2.45) is 0 Å². The van der Waals surface area contributed by atoms with E-state index in [9.17, 15) is 45.6 Å². The minimum Gasteiger partial charge on any atom is -0.394 e.